The van der Waals surface area contributed by atoms with Gasteiger partial charge in [0.25, 0.3) is 0 Å². The Labute approximate surface area is 99.1 Å². The second-order valence-electron chi connectivity index (χ2n) is 3.36. The summed E-state index contributed by atoms with van der Waals surface area (Å²) in [7, 11) is 0. The number of pyridine rings is 1. The van der Waals surface area contributed by atoms with Crippen LogP contribution in [0, 0.1) is 0 Å². The van der Waals surface area contributed by atoms with Crippen molar-refractivity contribution >= 4 is 28.8 Å². The zero-order valence-electron chi connectivity index (χ0n) is 8.97. The van der Waals surface area contributed by atoms with Crippen LogP contribution in [-0.2, 0) is 0 Å². The van der Waals surface area contributed by atoms with Crippen molar-refractivity contribution in [1.29, 1.82) is 0 Å². The minimum absolute atomic E-state index is 0.658. The molecule has 0 aliphatic rings. The highest BCUT2D eigenvalue weighted by Crippen LogP contribution is 2.22. The Morgan fingerprint density at radius 2 is 2.06 bits per heavy atom. The van der Waals surface area contributed by atoms with E-state index < -0.39 is 0 Å². The number of anilines is 3. The monoisotopic (exact) mass is 231 g/mol. The lowest BCUT2D eigenvalue weighted by atomic mass is 10.3. The van der Waals surface area contributed by atoms with Crippen LogP contribution in [0.15, 0.2) is 47.6 Å². The molecule has 1 aromatic heterocycles. The molecule has 1 aromatic carbocycles. The van der Waals surface area contributed by atoms with Gasteiger partial charge in [0.15, 0.2) is 0 Å². The minimum Gasteiger partial charge on any atom is -0.397 e. The Hall–Kier alpha value is -1.68. The molecule has 2 rings (SSSR count). The Morgan fingerprint density at radius 3 is 2.81 bits per heavy atom. The zero-order chi connectivity index (χ0) is 11.4. The van der Waals surface area contributed by atoms with Crippen LogP contribution in [-0.4, -0.2) is 11.2 Å². The molecular weight excluding hydrogens is 218 g/mol. The SMILES string of the molecule is CSc1cccc(Nc2cncc(N)c2)c1. The highest BCUT2D eigenvalue weighted by atomic mass is 32.2. The largest absolute Gasteiger partial charge is 0.397 e. The molecule has 0 aliphatic carbocycles. The highest BCUT2D eigenvalue weighted by molar-refractivity contribution is 7.98. The highest BCUT2D eigenvalue weighted by Gasteiger charge is 1.97. The van der Waals surface area contributed by atoms with Crippen molar-refractivity contribution in [2.75, 3.05) is 17.3 Å². The average molecular weight is 231 g/mol. The van der Waals surface area contributed by atoms with Gasteiger partial charge in [0, 0.05) is 16.8 Å². The topological polar surface area (TPSA) is 50.9 Å². The van der Waals surface area contributed by atoms with Gasteiger partial charge in [-0.2, -0.15) is 0 Å². The first-order valence-corrected chi connectivity index (χ1v) is 6.12. The number of thioether (sulfide) groups is 1. The van der Waals surface area contributed by atoms with Crippen molar-refractivity contribution in [3.8, 4) is 0 Å². The number of nitrogens with one attached hydrogen (secondary N) is 1. The number of nitrogens with zero attached hydrogens (tertiary/aromatic N) is 1. The molecule has 0 saturated heterocycles. The van der Waals surface area contributed by atoms with Crippen molar-refractivity contribution < 1.29 is 0 Å². The molecule has 0 aliphatic heterocycles. The molecular formula is C12H13N3S. The quantitative estimate of drug-likeness (QED) is 0.797. The van der Waals surface area contributed by atoms with E-state index in [0.717, 1.165) is 11.4 Å². The first kappa shape index (κ1) is 10.8. The fourth-order valence-electron chi connectivity index (χ4n) is 1.39. The number of hydrogen-bond donors (Lipinski definition) is 2. The summed E-state index contributed by atoms with van der Waals surface area (Å²) in [5.41, 5.74) is 8.26. The molecule has 1 heterocycles. The Kier molecular flexibility index (Phi) is 3.31. The van der Waals surface area contributed by atoms with E-state index in [0.29, 0.717) is 5.69 Å². The number of nitrogen functional groups attached to an aromatic ring is 1. The third-order valence-corrected chi connectivity index (χ3v) is 2.84. The maximum absolute atomic E-state index is 5.66. The first-order valence-electron chi connectivity index (χ1n) is 4.89. The summed E-state index contributed by atoms with van der Waals surface area (Å²) in [4.78, 5) is 5.25. The smallest absolute Gasteiger partial charge is 0.0591 e. The third-order valence-electron chi connectivity index (χ3n) is 2.12. The summed E-state index contributed by atoms with van der Waals surface area (Å²) < 4.78 is 0. The van der Waals surface area contributed by atoms with Crippen LogP contribution in [0.25, 0.3) is 0 Å². The van der Waals surface area contributed by atoms with Gasteiger partial charge >= 0.3 is 0 Å². The third kappa shape index (κ3) is 2.67. The maximum atomic E-state index is 5.66. The van der Waals surface area contributed by atoms with Gasteiger partial charge < -0.3 is 11.1 Å². The van der Waals surface area contributed by atoms with Crippen LogP contribution >= 0.6 is 11.8 Å². The minimum atomic E-state index is 0.658. The van der Waals surface area contributed by atoms with Crippen LogP contribution in [0.2, 0.25) is 0 Å². The number of rotatable bonds is 3. The normalized spacial score (nSPS) is 10.1. The van der Waals surface area contributed by atoms with E-state index in [2.05, 4.69) is 28.7 Å². The van der Waals surface area contributed by atoms with Gasteiger partial charge in [-0.3, -0.25) is 4.98 Å². The number of benzene rings is 1. The van der Waals surface area contributed by atoms with Crippen LogP contribution in [0.4, 0.5) is 17.1 Å². The molecule has 0 bridgehead atoms. The van der Waals surface area contributed by atoms with Crippen molar-refractivity contribution in [2.24, 2.45) is 0 Å². The van der Waals surface area contributed by atoms with E-state index in [-0.39, 0.29) is 0 Å². The van der Waals surface area contributed by atoms with Crippen LogP contribution in [0.1, 0.15) is 0 Å². The number of nitrogens with two attached hydrogens (primary N) is 1. The summed E-state index contributed by atoms with van der Waals surface area (Å²) in [6.07, 6.45) is 5.44. The first-order chi connectivity index (χ1) is 7.78. The van der Waals surface area contributed by atoms with Crippen LogP contribution < -0.4 is 11.1 Å². The van der Waals surface area contributed by atoms with Crippen LogP contribution in [0.5, 0.6) is 0 Å². The fraction of sp³-hybridized carbons (Fsp3) is 0.0833. The molecule has 82 valence electrons. The fourth-order valence-corrected chi connectivity index (χ4v) is 1.85. The van der Waals surface area contributed by atoms with Crippen molar-refractivity contribution in [3.63, 3.8) is 0 Å². The standard InChI is InChI=1S/C12H13N3S/c1-16-12-4-2-3-10(6-12)15-11-5-9(13)7-14-8-11/h2-8,15H,13H2,1H3. The number of hydrogen-bond acceptors (Lipinski definition) is 4. The lowest BCUT2D eigenvalue weighted by Crippen LogP contribution is -1.93. The molecule has 0 saturated carbocycles. The molecule has 0 unspecified atom stereocenters. The van der Waals surface area contributed by atoms with Gasteiger partial charge in [-0.1, -0.05) is 6.07 Å². The lowest BCUT2D eigenvalue weighted by Gasteiger charge is -2.07. The van der Waals surface area contributed by atoms with Crippen LogP contribution in [0.3, 0.4) is 0 Å². The summed E-state index contributed by atoms with van der Waals surface area (Å²) in [6, 6.07) is 10.1. The summed E-state index contributed by atoms with van der Waals surface area (Å²) in [5.74, 6) is 0. The molecule has 3 N–H and O–H groups in total. The molecule has 16 heavy (non-hydrogen) atoms. The summed E-state index contributed by atoms with van der Waals surface area (Å²) in [6.45, 7) is 0. The summed E-state index contributed by atoms with van der Waals surface area (Å²) >= 11 is 1.72. The van der Waals surface area contributed by atoms with Gasteiger partial charge in [-0.05, 0) is 30.5 Å². The Bertz CT molecular complexity index is 485. The Morgan fingerprint density at radius 1 is 1.19 bits per heavy atom. The Balaban J connectivity index is 2.20. The molecule has 0 fully saturated rings. The van der Waals surface area contributed by atoms with Crippen molar-refractivity contribution in [3.05, 3.63) is 42.7 Å². The molecule has 2 aromatic rings. The zero-order valence-corrected chi connectivity index (χ0v) is 9.79. The molecule has 0 spiro atoms. The van der Waals surface area contributed by atoms with E-state index in [1.54, 1.807) is 24.2 Å². The van der Waals surface area contributed by atoms with E-state index in [1.165, 1.54) is 4.90 Å². The maximum Gasteiger partial charge on any atom is 0.0591 e. The van der Waals surface area contributed by atoms with Gasteiger partial charge in [0.2, 0.25) is 0 Å². The predicted molar refractivity (Wildman–Crippen MR) is 70.2 cm³/mol. The van der Waals surface area contributed by atoms with Gasteiger partial charge in [0.1, 0.15) is 0 Å². The lowest BCUT2D eigenvalue weighted by molar-refractivity contribution is 1.32. The predicted octanol–water partition coefficient (Wildman–Crippen LogP) is 3.13. The van der Waals surface area contributed by atoms with E-state index in [9.17, 15) is 0 Å². The molecule has 3 nitrogen and oxygen atoms in total. The number of aromatic nitrogens is 1. The van der Waals surface area contributed by atoms with Crippen molar-refractivity contribution in [1.82, 2.24) is 4.98 Å². The molecule has 0 atom stereocenters. The van der Waals surface area contributed by atoms with Crippen molar-refractivity contribution in [2.45, 2.75) is 4.90 Å². The second kappa shape index (κ2) is 4.90. The van der Waals surface area contributed by atoms with E-state index in [4.69, 9.17) is 5.73 Å². The summed E-state index contributed by atoms with van der Waals surface area (Å²) in [5, 5.41) is 3.26. The average Bonchev–Trinajstić information content (AvgIpc) is 2.29. The molecule has 4 heteroatoms. The second-order valence-corrected chi connectivity index (χ2v) is 4.24. The molecule has 0 amide bonds. The van der Waals surface area contributed by atoms with E-state index in [1.807, 2.05) is 18.2 Å². The molecule has 0 radical (unpaired) electrons. The van der Waals surface area contributed by atoms with Gasteiger partial charge in [0.05, 0.1) is 17.6 Å². The van der Waals surface area contributed by atoms with Gasteiger partial charge in [-0.25, -0.2) is 0 Å². The van der Waals surface area contributed by atoms with Gasteiger partial charge in [-0.15, -0.1) is 11.8 Å². The van der Waals surface area contributed by atoms with E-state index >= 15 is 0 Å².